The number of amides is 1. The van der Waals surface area contributed by atoms with Crippen LogP contribution in [0.3, 0.4) is 0 Å². The lowest BCUT2D eigenvalue weighted by Gasteiger charge is -2.09. The molecule has 0 fully saturated rings. The van der Waals surface area contributed by atoms with Crippen LogP contribution in [0.4, 0.5) is 5.69 Å². The van der Waals surface area contributed by atoms with E-state index >= 15 is 0 Å². The van der Waals surface area contributed by atoms with Crippen molar-refractivity contribution in [2.75, 3.05) is 17.7 Å². The molecule has 0 aliphatic carbocycles. The van der Waals surface area contributed by atoms with Crippen molar-refractivity contribution >= 4 is 39.0 Å². The van der Waals surface area contributed by atoms with E-state index in [4.69, 9.17) is 16.3 Å². The number of sulfone groups is 1. The van der Waals surface area contributed by atoms with Gasteiger partial charge in [0.05, 0.1) is 17.1 Å². The lowest BCUT2D eigenvalue weighted by Crippen LogP contribution is -2.22. The highest BCUT2D eigenvalue weighted by molar-refractivity contribution is 7.91. The first-order valence-electron chi connectivity index (χ1n) is 7.77. The number of ether oxygens (including phenoxy) is 1. The second-order valence-electron chi connectivity index (χ2n) is 5.55. The summed E-state index contributed by atoms with van der Waals surface area (Å²) < 4.78 is 29.1. The van der Waals surface area contributed by atoms with Gasteiger partial charge in [-0.3, -0.25) is 9.59 Å². The summed E-state index contributed by atoms with van der Waals surface area (Å²) in [6.07, 6.45) is -0.345. The van der Waals surface area contributed by atoms with E-state index < -0.39 is 34.1 Å². The first kappa shape index (κ1) is 19.9. The summed E-state index contributed by atoms with van der Waals surface area (Å²) >= 11 is 5.72. The molecule has 1 amide bonds. The van der Waals surface area contributed by atoms with Gasteiger partial charge >= 0.3 is 5.97 Å². The Labute approximate surface area is 157 Å². The highest BCUT2D eigenvalue weighted by atomic mass is 35.5. The van der Waals surface area contributed by atoms with Crippen LogP contribution >= 0.6 is 11.6 Å². The third-order valence-corrected chi connectivity index (χ3v) is 5.52. The van der Waals surface area contributed by atoms with Crippen LogP contribution in [0.1, 0.15) is 12.0 Å². The maximum atomic E-state index is 12.1. The number of nitrogens with one attached hydrogen (secondary N) is 1. The van der Waals surface area contributed by atoms with Crippen molar-refractivity contribution in [3.63, 3.8) is 0 Å². The third-order valence-electron chi connectivity index (χ3n) is 3.53. The number of carbonyl (C=O) groups is 2. The lowest BCUT2D eigenvalue weighted by atomic mass is 10.2. The van der Waals surface area contributed by atoms with Gasteiger partial charge in [0, 0.05) is 10.7 Å². The molecule has 0 heterocycles. The molecule has 0 aliphatic rings. The standard InChI is InChI=1S/C18H18ClNO5S/c1-13-4-2-3-5-16(13)20-17(21)12-25-18(22)10-11-26(23,24)15-8-6-14(19)7-9-15/h2-9H,10-12H2,1H3,(H,20,21). The minimum absolute atomic E-state index is 0.0759. The highest BCUT2D eigenvalue weighted by Gasteiger charge is 2.17. The van der Waals surface area contributed by atoms with Gasteiger partial charge in [0.15, 0.2) is 16.4 Å². The number of rotatable bonds is 7. The molecule has 0 unspecified atom stereocenters. The third kappa shape index (κ3) is 5.86. The number of aryl methyl sites for hydroxylation is 1. The zero-order valence-corrected chi connectivity index (χ0v) is 15.6. The molecule has 0 aliphatic heterocycles. The summed E-state index contributed by atoms with van der Waals surface area (Å²) in [5, 5.41) is 3.04. The summed E-state index contributed by atoms with van der Waals surface area (Å²) in [6, 6.07) is 12.8. The number of benzene rings is 2. The highest BCUT2D eigenvalue weighted by Crippen LogP contribution is 2.16. The van der Waals surface area contributed by atoms with Crippen LogP contribution in [-0.4, -0.2) is 32.7 Å². The molecule has 0 spiro atoms. The molecule has 8 heteroatoms. The molecule has 0 bridgehead atoms. The molecule has 2 aromatic rings. The van der Waals surface area contributed by atoms with Crippen molar-refractivity contribution in [3.8, 4) is 0 Å². The summed E-state index contributed by atoms with van der Waals surface area (Å²) in [5.41, 5.74) is 1.50. The Morgan fingerprint density at radius 1 is 1.08 bits per heavy atom. The molecular formula is C18H18ClNO5S. The van der Waals surface area contributed by atoms with Crippen LogP contribution in [0, 0.1) is 6.92 Å². The molecular weight excluding hydrogens is 378 g/mol. The predicted octanol–water partition coefficient (Wildman–Crippen LogP) is 2.99. The summed E-state index contributed by atoms with van der Waals surface area (Å²) in [4.78, 5) is 23.6. The van der Waals surface area contributed by atoms with Crippen molar-refractivity contribution < 1.29 is 22.7 Å². The minimum atomic E-state index is -3.62. The molecule has 0 saturated carbocycles. The normalized spacial score (nSPS) is 11.0. The van der Waals surface area contributed by atoms with Crippen LogP contribution in [0.15, 0.2) is 53.4 Å². The van der Waals surface area contributed by atoms with E-state index in [-0.39, 0.29) is 11.3 Å². The second kappa shape index (κ2) is 8.82. The fourth-order valence-electron chi connectivity index (χ4n) is 2.10. The van der Waals surface area contributed by atoms with Crippen molar-refractivity contribution in [2.45, 2.75) is 18.2 Å². The van der Waals surface area contributed by atoms with Gasteiger partial charge in [-0.25, -0.2) is 8.42 Å². The molecule has 0 radical (unpaired) electrons. The van der Waals surface area contributed by atoms with Gasteiger partial charge in [0.1, 0.15) is 0 Å². The molecule has 0 saturated heterocycles. The molecule has 138 valence electrons. The Morgan fingerprint density at radius 3 is 2.38 bits per heavy atom. The fraction of sp³-hybridized carbons (Fsp3) is 0.222. The number of anilines is 1. The quantitative estimate of drug-likeness (QED) is 0.728. The van der Waals surface area contributed by atoms with Gasteiger partial charge in [-0.15, -0.1) is 0 Å². The smallest absolute Gasteiger partial charge is 0.307 e. The average molecular weight is 396 g/mol. The molecule has 6 nitrogen and oxygen atoms in total. The largest absolute Gasteiger partial charge is 0.456 e. The average Bonchev–Trinajstić information content (AvgIpc) is 2.60. The van der Waals surface area contributed by atoms with E-state index in [1.807, 2.05) is 19.1 Å². The second-order valence-corrected chi connectivity index (χ2v) is 8.09. The molecule has 0 aromatic heterocycles. The Hall–Kier alpha value is -2.38. The van der Waals surface area contributed by atoms with E-state index in [1.54, 1.807) is 12.1 Å². The van der Waals surface area contributed by atoms with Gasteiger partial charge in [-0.2, -0.15) is 0 Å². The summed E-state index contributed by atoms with van der Waals surface area (Å²) in [6.45, 7) is 1.36. The van der Waals surface area contributed by atoms with E-state index in [2.05, 4.69) is 5.32 Å². The number of para-hydroxylation sites is 1. The number of hydrogen-bond donors (Lipinski definition) is 1. The molecule has 26 heavy (non-hydrogen) atoms. The van der Waals surface area contributed by atoms with Gasteiger partial charge in [0.2, 0.25) is 0 Å². The Bertz CT molecular complexity index is 894. The Kier molecular flexibility index (Phi) is 6.76. The number of hydrogen-bond acceptors (Lipinski definition) is 5. The number of carbonyl (C=O) groups excluding carboxylic acids is 2. The molecule has 2 aromatic carbocycles. The Balaban J connectivity index is 1.80. The van der Waals surface area contributed by atoms with Crippen LogP contribution in [0.5, 0.6) is 0 Å². The fourth-order valence-corrected chi connectivity index (χ4v) is 3.44. The number of esters is 1. The van der Waals surface area contributed by atoms with Gasteiger partial charge in [0.25, 0.3) is 5.91 Å². The van der Waals surface area contributed by atoms with Crippen molar-refractivity contribution in [3.05, 3.63) is 59.1 Å². The van der Waals surface area contributed by atoms with Crippen molar-refractivity contribution in [1.82, 2.24) is 0 Å². The molecule has 1 N–H and O–H groups in total. The van der Waals surface area contributed by atoms with E-state index in [1.165, 1.54) is 24.3 Å². The van der Waals surface area contributed by atoms with Gasteiger partial charge in [-0.1, -0.05) is 29.8 Å². The van der Waals surface area contributed by atoms with Crippen LogP contribution in [0.2, 0.25) is 5.02 Å². The van der Waals surface area contributed by atoms with Crippen molar-refractivity contribution in [1.29, 1.82) is 0 Å². The van der Waals surface area contributed by atoms with Crippen LogP contribution in [-0.2, 0) is 24.2 Å². The molecule has 0 atom stereocenters. The first-order valence-corrected chi connectivity index (χ1v) is 9.80. The van der Waals surface area contributed by atoms with Crippen LogP contribution < -0.4 is 5.32 Å². The summed E-state index contributed by atoms with van der Waals surface area (Å²) in [5.74, 6) is -1.66. The maximum absolute atomic E-state index is 12.1. The predicted molar refractivity (Wildman–Crippen MR) is 98.9 cm³/mol. The van der Waals surface area contributed by atoms with Gasteiger partial charge < -0.3 is 10.1 Å². The topological polar surface area (TPSA) is 89.5 Å². The molecule has 2 rings (SSSR count). The van der Waals surface area contributed by atoms with Crippen LogP contribution in [0.25, 0.3) is 0 Å². The zero-order chi connectivity index (χ0) is 19.2. The monoisotopic (exact) mass is 395 g/mol. The van der Waals surface area contributed by atoms with Crippen molar-refractivity contribution in [2.24, 2.45) is 0 Å². The number of halogens is 1. The minimum Gasteiger partial charge on any atom is -0.456 e. The van der Waals surface area contributed by atoms with E-state index in [0.29, 0.717) is 10.7 Å². The maximum Gasteiger partial charge on any atom is 0.307 e. The van der Waals surface area contributed by atoms with E-state index in [9.17, 15) is 18.0 Å². The van der Waals surface area contributed by atoms with E-state index in [0.717, 1.165) is 5.56 Å². The lowest BCUT2D eigenvalue weighted by molar-refractivity contribution is -0.146. The van der Waals surface area contributed by atoms with Gasteiger partial charge in [-0.05, 0) is 42.8 Å². The SMILES string of the molecule is Cc1ccccc1NC(=O)COC(=O)CCS(=O)(=O)c1ccc(Cl)cc1. The Morgan fingerprint density at radius 2 is 1.73 bits per heavy atom. The zero-order valence-electron chi connectivity index (χ0n) is 14.1. The summed E-state index contributed by atoms with van der Waals surface area (Å²) in [7, 11) is -3.62. The first-order chi connectivity index (χ1) is 12.3.